The predicted molar refractivity (Wildman–Crippen MR) is 77.6 cm³/mol. The van der Waals surface area contributed by atoms with Crippen molar-refractivity contribution in [2.75, 3.05) is 13.2 Å². The molecule has 1 aliphatic heterocycles. The molecule has 1 aromatic heterocycles. The van der Waals surface area contributed by atoms with E-state index in [-0.39, 0.29) is 6.04 Å². The van der Waals surface area contributed by atoms with Crippen LogP contribution in [0.3, 0.4) is 0 Å². The van der Waals surface area contributed by atoms with Crippen LogP contribution >= 0.6 is 0 Å². The van der Waals surface area contributed by atoms with Crippen LogP contribution in [0.25, 0.3) is 0 Å². The molecule has 0 saturated heterocycles. The molecular formula is C16H19N3O. The molecule has 2 atom stereocenters. The van der Waals surface area contributed by atoms with Gasteiger partial charge >= 0.3 is 0 Å². The highest BCUT2D eigenvalue weighted by Gasteiger charge is 2.28. The Hall–Kier alpha value is -1.94. The summed E-state index contributed by atoms with van der Waals surface area (Å²) in [5.41, 5.74) is 2.26. The van der Waals surface area contributed by atoms with Gasteiger partial charge in [-0.15, -0.1) is 0 Å². The average Bonchev–Trinajstić information content (AvgIpc) is 2.53. The van der Waals surface area contributed by atoms with Gasteiger partial charge in [-0.1, -0.05) is 25.1 Å². The van der Waals surface area contributed by atoms with Crippen LogP contribution in [0.1, 0.15) is 24.2 Å². The van der Waals surface area contributed by atoms with Crippen LogP contribution in [0, 0.1) is 5.92 Å². The topological polar surface area (TPSA) is 47.0 Å². The second-order valence-corrected chi connectivity index (χ2v) is 5.05. The normalized spacial score (nSPS) is 18.9. The number of hydrogen-bond donors (Lipinski definition) is 1. The molecule has 0 fully saturated rings. The van der Waals surface area contributed by atoms with Gasteiger partial charge in [-0.05, 0) is 24.6 Å². The molecule has 0 bridgehead atoms. The number of hydrogen-bond acceptors (Lipinski definition) is 4. The Labute approximate surface area is 119 Å². The Bertz CT molecular complexity index is 559. The van der Waals surface area contributed by atoms with E-state index in [9.17, 15) is 0 Å². The van der Waals surface area contributed by atoms with E-state index < -0.39 is 0 Å². The first-order valence-electron chi connectivity index (χ1n) is 7.08. The average molecular weight is 269 g/mol. The minimum Gasteiger partial charge on any atom is -0.493 e. The molecule has 2 unspecified atom stereocenters. The number of ether oxygens (including phenoxy) is 1. The summed E-state index contributed by atoms with van der Waals surface area (Å²) in [5.74, 6) is 1.39. The van der Waals surface area contributed by atoms with Gasteiger partial charge in [-0.2, -0.15) is 0 Å². The fourth-order valence-electron chi connectivity index (χ4n) is 2.77. The van der Waals surface area contributed by atoms with Crippen LogP contribution in [0.5, 0.6) is 5.75 Å². The molecule has 0 saturated carbocycles. The Kier molecular flexibility index (Phi) is 3.92. The number of nitrogens with zero attached hydrogens (tertiary/aromatic N) is 2. The van der Waals surface area contributed by atoms with Crippen LogP contribution < -0.4 is 10.1 Å². The maximum absolute atomic E-state index is 5.90. The Balaban J connectivity index is 1.83. The largest absolute Gasteiger partial charge is 0.493 e. The van der Waals surface area contributed by atoms with E-state index in [1.54, 1.807) is 12.4 Å². The third kappa shape index (κ3) is 2.65. The van der Waals surface area contributed by atoms with Crippen molar-refractivity contribution in [2.24, 2.45) is 5.92 Å². The van der Waals surface area contributed by atoms with Crippen LogP contribution in [0.2, 0.25) is 0 Å². The molecule has 20 heavy (non-hydrogen) atoms. The minimum absolute atomic E-state index is 0.182. The predicted octanol–water partition coefficient (Wildman–Crippen LogP) is 2.38. The summed E-state index contributed by atoms with van der Waals surface area (Å²) in [7, 11) is 0. The third-order valence-electron chi connectivity index (χ3n) is 3.70. The van der Waals surface area contributed by atoms with Gasteiger partial charge in [0.1, 0.15) is 5.75 Å². The highest BCUT2D eigenvalue weighted by molar-refractivity contribution is 5.35. The molecule has 2 aromatic rings. The molecule has 4 heteroatoms. The lowest BCUT2D eigenvalue weighted by Crippen LogP contribution is -2.35. The Morgan fingerprint density at radius 1 is 1.35 bits per heavy atom. The lowest BCUT2D eigenvalue weighted by Gasteiger charge is -2.31. The number of fused-ring (bicyclic) bond motifs is 1. The van der Waals surface area contributed by atoms with Crippen molar-refractivity contribution >= 4 is 0 Å². The number of benzene rings is 1. The lowest BCUT2D eigenvalue weighted by molar-refractivity contribution is 0.183. The summed E-state index contributed by atoms with van der Waals surface area (Å²) in [6.07, 6.45) is 6.30. The molecule has 1 aromatic carbocycles. The van der Waals surface area contributed by atoms with Crippen molar-refractivity contribution in [3.8, 4) is 5.75 Å². The molecule has 0 radical (unpaired) electrons. The minimum atomic E-state index is 0.182. The van der Waals surface area contributed by atoms with Crippen molar-refractivity contribution in [1.82, 2.24) is 15.3 Å². The number of para-hydroxylation sites is 1. The molecule has 104 valence electrons. The van der Waals surface area contributed by atoms with E-state index in [1.165, 1.54) is 5.56 Å². The monoisotopic (exact) mass is 269 g/mol. The van der Waals surface area contributed by atoms with Crippen LogP contribution in [-0.4, -0.2) is 23.1 Å². The first-order valence-corrected chi connectivity index (χ1v) is 7.08. The summed E-state index contributed by atoms with van der Waals surface area (Å²) in [6.45, 7) is 3.73. The first-order chi connectivity index (χ1) is 9.88. The number of nitrogens with one attached hydrogen (secondary N) is 1. The van der Waals surface area contributed by atoms with Gasteiger partial charge in [0.05, 0.1) is 18.3 Å². The van der Waals surface area contributed by atoms with Crippen molar-refractivity contribution in [3.63, 3.8) is 0 Å². The summed E-state index contributed by atoms with van der Waals surface area (Å²) in [6, 6.07) is 8.44. The van der Waals surface area contributed by atoms with Gasteiger partial charge in [0.15, 0.2) is 0 Å². The fourth-order valence-corrected chi connectivity index (χ4v) is 2.77. The summed E-state index contributed by atoms with van der Waals surface area (Å²) < 4.78 is 5.90. The van der Waals surface area contributed by atoms with Crippen LogP contribution in [0.4, 0.5) is 0 Å². The fraction of sp³-hybridized carbons (Fsp3) is 0.375. The molecule has 2 heterocycles. The van der Waals surface area contributed by atoms with Gasteiger partial charge in [0.25, 0.3) is 0 Å². The van der Waals surface area contributed by atoms with E-state index >= 15 is 0 Å². The zero-order valence-corrected chi connectivity index (χ0v) is 11.6. The number of rotatable bonds is 4. The molecular weight excluding hydrogens is 250 g/mol. The van der Waals surface area contributed by atoms with Crippen LogP contribution in [-0.2, 0) is 6.42 Å². The van der Waals surface area contributed by atoms with Gasteiger partial charge in [-0.3, -0.25) is 9.97 Å². The van der Waals surface area contributed by atoms with E-state index in [0.29, 0.717) is 12.5 Å². The third-order valence-corrected chi connectivity index (χ3v) is 3.70. The summed E-state index contributed by atoms with van der Waals surface area (Å²) >= 11 is 0. The molecule has 0 amide bonds. The van der Waals surface area contributed by atoms with Gasteiger partial charge in [0.2, 0.25) is 0 Å². The standard InChI is InChI=1S/C16H19N3O/c1-2-18-16(14-10-17-7-8-19-14)13-9-12-5-3-4-6-15(12)20-11-13/h3-8,10,13,16,18H,2,9,11H2,1H3. The molecule has 0 spiro atoms. The number of aromatic nitrogens is 2. The van der Waals surface area contributed by atoms with E-state index in [0.717, 1.165) is 24.4 Å². The SMILES string of the molecule is CCNC(c1cnccn1)C1COc2ccccc2C1. The second kappa shape index (κ2) is 6.01. The zero-order valence-electron chi connectivity index (χ0n) is 11.6. The maximum atomic E-state index is 5.90. The molecule has 0 aliphatic carbocycles. The van der Waals surface area contributed by atoms with Crippen molar-refractivity contribution in [3.05, 3.63) is 54.1 Å². The van der Waals surface area contributed by atoms with Crippen molar-refractivity contribution in [1.29, 1.82) is 0 Å². The Morgan fingerprint density at radius 3 is 3.05 bits per heavy atom. The molecule has 1 N–H and O–H groups in total. The van der Waals surface area contributed by atoms with Crippen molar-refractivity contribution < 1.29 is 4.74 Å². The lowest BCUT2D eigenvalue weighted by atomic mass is 9.88. The Morgan fingerprint density at radius 2 is 2.25 bits per heavy atom. The maximum Gasteiger partial charge on any atom is 0.122 e. The molecule has 4 nitrogen and oxygen atoms in total. The molecule has 3 rings (SSSR count). The molecule has 1 aliphatic rings. The van der Waals surface area contributed by atoms with Crippen LogP contribution in [0.15, 0.2) is 42.9 Å². The van der Waals surface area contributed by atoms with E-state index in [4.69, 9.17) is 4.74 Å². The highest BCUT2D eigenvalue weighted by atomic mass is 16.5. The second-order valence-electron chi connectivity index (χ2n) is 5.05. The van der Waals surface area contributed by atoms with E-state index in [1.807, 2.05) is 18.3 Å². The smallest absolute Gasteiger partial charge is 0.122 e. The summed E-state index contributed by atoms with van der Waals surface area (Å²) in [4.78, 5) is 8.63. The van der Waals surface area contributed by atoms with Gasteiger partial charge in [-0.25, -0.2) is 0 Å². The van der Waals surface area contributed by atoms with E-state index in [2.05, 4.69) is 34.3 Å². The zero-order chi connectivity index (χ0) is 13.8. The van der Waals surface area contributed by atoms with Crippen molar-refractivity contribution in [2.45, 2.75) is 19.4 Å². The highest BCUT2D eigenvalue weighted by Crippen LogP contribution is 2.32. The first kappa shape index (κ1) is 13.1. The summed E-state index contributed by atoms with van der Waals surface area (Å²) in [5, 5.41) is 3.52. The quantitative estimate of drug-likeness (QED) is 0.925. The van der Waals surface area contributed by atoms with Gasteiger partial charge < -0.3 is 10.1 Å². The van der Waals surface area contributed by atoms with Gasteiger partial charge in [0, 0.05) is 24.5 Å².